The lowest BCUT2D eigenvalue weighted by Gasteiger charge is -2.07. The molecule has 0 aliphatic carbocycles. The molecule has 0 atom stereocenters. The molecule has 2 heterocycles. The van der Waals surface area contributed by atoms with Crippen LogP contribution in [0.15, 0.2) is 72.9 Å². The Morgan fingerprint density at radius 3 is 2.42 bits per heavy atom. The number of aromatic nitrogens is 2. The first-order valence-electron chi connectivity index (χ1n) is 9.85. The van der Waals surface area contributed by atoms with Crippen molar-refractivity contribution in [3.05, 3.63) is 107 Å². The second-order valence-corrected chi connectivity index (χ2v) is 7.20. The number of hydrogen-bond acceptors (Lipinski definition) is 3. The van der Waals surface area contributed by atoms with E-state index in [0.29, 0.717) is 23.4 Å². The topological polar surface area (TPSA) is 75.5 Å². The number of pyridine rings is 1. The number of nitrogens with zero attached hydrogens (tertiary/aromatic N) is 2. The number of aryl methyl sites for hydroxylation is 1. The molecule has 6 nitrogen and oxygen atoms in total. The smallest absolute Gasteiger partial charge is 0.271 e. The number of rotatable bonds is 6. The maximum absolute atomic E-state index is 13.4. The van der Waals surface area contributed by atoms with Gasteiger partial charge in [-0.05, 0) is 41.8 Å². The molecule has 0 unspecified atom stereocenters. The molecule has 7 heteroatoms. The van der Waals surface area contributed by atoms with Crippen molar-refractivity contribution in [2.75, 3.05) is 0 Å². The molecule has 2 amide bonds. The largest absolute Gasteiger partial charge is 0.347 e. The molecule has 0 aliphatic heterocycles. The van der Waals surface area contributed by atoms with Crippen LogP contribution in [0.2, 0.25) is 0 Å². The van der Waals surface area contributed by atoms with Crippen molar-refractivity contribution in [3.63, 3.8) is 0 Å². The fourth-order valence-electron chi connectivity index (χ4n) is 3.26. The van der Waals surface area contributed by atoms with Crippen molar-refractivity contribution in [3.8, 4) is 0 Å². The molecule has 4 aromatic rings. The van der Waals surface area contributed by atoms with Gasteiger partial charge in [0, 0.05) is 19.3 Å². The monoisotopic (exact) mass is 416 g/mol. The van der Waals surface area contributed by atoms with Gasteiger partial charge in [-0.1, -0.05) is 48.5 Å². The number of halogens is 1. The normalized spacial score (nSPS) is 10.8. The minimum atomic E-state index is -0.374. The lowest BCUT2D eigenvalue weighted by Crippen LogP contribution is -2.25. The first kappa shape index (κ1) is 20.3. The van der Waals surface area contributed by atoms with Gasteiger partial charge in [0.15, 0.2) is 0 Å². The van der Waals surface area contributed by atoms with Crippen LogP contribution >= 0.6 is 0 Å². The molecule has 0 fully saturated rings. The third kappa shape index (κ3) is 4.61. The maximum atomic E-state index is 13.4. The summed E-state index contributed by atoms with van der Waals surface area (Å²) in [6, 6.07) is 19.4. The first-order valence-corrected chi connectivity index (χ1v) is 9.85. The maximum Gasteiger partial charge on any atom is 0.271 e. The third-order valence-corrected chi connectivity index (χ3v) is 4.93. The van der Waals surface area contributed by atoms with Crippen molar-refractivity contribution in [2.24, 2.45) is 0 Å². The molecule has 4 rings (SSSR count). The molecule has 0 aliphatic rings. The summed E-state index contributed by atoms with van der Waals surface area (Å²) in [4.78, 5) is 29.6. The van der Waals surface area contributed by atoms with Crippen LogP contribution in [-0.2, 0) is 13.1 Å². The summed E-state index contributed by atoms with van der Waals surface area (Å²) in [5.41, 5.74) is 3.37. The number of nitrogens with one attached hydrogen (secondary N) is 2. The summed E-state index contributed by atoms with van der Waals surface area (Å²) in [6.07, 6.45) is 1.54. The highest BCUT2D eigenvalue weighted by atomic mass is 19.1. The van der Waals surface area contributed by atoms with Crippen LogP contribution in [0.5, 0.6) is 0 Å². The van der Waals surface area contributed by atoms with Gasteiger partial charge in [-0.25, -0.2) is 9.37 Å². The van der Waals surface area contributed by atoms with Crippen LogP contribution in [0, 0.1) is 12.7 Å². The van der Waals surface area contributed by atoms with Gasteiger partial charge in [0.05, 0.1) is 0 Å². The molecule has 31 heavy (non-hydrogen) atoms. The van der Waals surface area contributed by atoms with E-state index in [4.69, 9.17) is 0 Å². The van der Waals surface area contributed by atoms with E-state index in [9.17, 15) is 14.0 Å². The average molecular weight is 416 g/mol. The molecule has 156 valence electrons. The third-order valence-electron chi connectivity index (χ3n) is 4.93. The van der Waals surface area contributed by atoms with Crippen molar-refractivity contribution in [1.29, 1.82) is 0 Å². The van der Waals surface area contributed by atoms with E-state index in [0.717, 1.165) is 11.1 Å². The summed E-state index contributed by atoms with van der Waals surface area (Å²) in [5.74, 6) is -0.921. The standard InChI is InChI=1S/C24H21FN4O2/c1-16-12-18(10-11-19(16)25)14-26-23(30)20-15-29-21(8-5-9-22(29)28-20)24(31)27-13-17-6-3-2-4-7-17/h2-12,15H,13-14H2,1H3,(H,26,30)(H,27,31). The van der Waals surface area contributed by atoms with Gasteiger partial charge >= 0.3 is 0 Å². The summed E-state index contributed by atoms with van der Waals surface area (Å²) in [5, 5.41) is 5.66. The minimum absolute atomic E-state index is 0.196. The number of hydrogen-bond donors (Lipinski definition) is 2. The molecule has 2 N–H and O–H groups in total. The van der Waals surface area contributed by atoms with Crippen molar-refractivity contribution < 1.29 is 14.0 Å². The van der Waals surface area contributed by atoms with E-state index >= 15 is 0 Å². The lowest BCUT2D eigenvalue weighted by molar-refractivity contribution is 0.0935. The molecular weight excluding hydrogens is 395 g/mol. The fourth-order valence-corrected chi connectivity index (χ4v) is 3.26. The van der Waals surface area contributed by atoms with E-state index in [1.807, 2.05) is 30.3 Å². The highest BCUT2D eigenvalue weighted by molar-refractivity contribution is 5.95. The van der Waals surface area contributed by atoms with Gasteiger partial charge in [0.1, 0.15) is 22.9 Å². The van der Waals surface area contributed by atoms with Crippen LogP contribution in [0.4, 0.5) is 4.39 Å². The molecule has 0 saturated heterocycles. The molecule has 2 aromatic carbocycles. The highest BCUT2D eigenvalue weighted by Crippen LogP contribution is 2.12. The Morgan fingerprint density at radius 1 is 0.903 bits per heavy atom. The predicted octanol–water partition coefficient (Wildman–Crippen LogP) is 3.64. The Morgan fingerprint density at radius 2 is 1.65 bits per heavy atom. The van der Waals surface area contributed by atoms with Gasteiger partial charge in [-0.2, -0.15) is 0 Å². The van der Waals surface area contributed by atoms with Crippen molar-refractivity contribution in [1.82, 2.24) is 20.0 Å². The van der Waals surface area contributed by atoms with Crippen LogP contribution in [0.25, 0.3) is 5.65 Å². The van der Waals surface area contributed by atoms with E-state index in [2.05, 4.69) is 15.6 Å². The molecule has 0 spiro atoms. The van der Waals surface area contributed by atoms with Crippen LogP contribution in [-0.4, -0.2) is 21.2 Å². The van der Waals surface area contributed by atoms with Gasteiger partial charge in [0.25, 0.3) is 11.8 Å². The van der Waals surface area contributed by atoms with Gasteiger partial charge in [-0.15, -0.1) is 0 Å². The fraction of sp³-hybridized carbons (Fsp3) is 0.125. The quantitative estimate of drug-likeness (QED) is 0.504. The minimum Gasteiger partial charge on any atom is -0.347 e. The van der Waals surface area contributed by atoms with E-state index in [1.54, 1.807) is 41.7 Å². The lowest BCUT2D eigenvalue weighted by atomic mass is 10.1. The highest BCUT2D eigenvalue weighted by Gasteiger charge is 2.15. The number of amides is 2. The second kappa shape index (κ2) is 8.79. The Labute approximate surface area is 178 Å². The van der Waals surface area contributed by atoms with Gasteiger partial charge < -0.3 is 10.6 Å². The number of imidazole rings is 1. The Balaban J connectivity index is 1.47. The van der Waals surface area contributed by atoms with Crippen LogP contribution < -0.4 is 10.6 Å². The molecule has 0 bridgehead atoms. The van der Waals surface area contributed by atoms with Crippen LogP contribution in [0.1, 0.15) is 37.7 Å². The average Bonchev–Trinajstić information content (AvgIpc) is 3.23. The Bertz CT molecular complexity index is 1250. The second-order valence-electron chi connectivity index (χ2n) is 7.20. The number of carbonyl (C=O) groups excluding carboxylic acids is 2. The van der Waals surface area contributed by atoms with Gasteiger partial charge in [-0.3, -0.25) is 14.0 Å². The zero-order valence-corrected chi connectivity index (χ0v) is 16.9. The Kier molecular flexibility index (Phi) is 5.75. The van der Waals surface area contributed by atoms with E-state index in [1.165, 1.54) is 12.3 Å². The van der Waals surface area contributed by atoms with E-state index in [-0.39, 0.29) is 29.9 Å². The molecule has 2 aromatic heterocycles. The Hall–Kier alpha value is -4.00. The summed E-state index contributed by atoms with van der Waals surface area (Å²) in [7, 11) is 0. The molecular formula is C24H21FN4O2. The molecule has 0 radical (unpaired) electrons. The zero-order chi connectivity index (χ0) is 21.8. The SMILES string of the molecule is Cc1cc(CNC(=O)c2cn3c(C(=O)NCc4ccccc4)cccc3n2)ccc1F. The predicted molar refractivity (Wildman–Crippen MR) is 115 cm³/mol. The first-order chi connectivity index (χ1) is 15.0. The van der Waals surface area contributed by atoms with E-state index < -0.39 is 0 Å². The number of benzene rings is 2. The number of fused-ring (bicyclic) bond motifs is 1. The van der Waals surface area contributed by atoms with Crippen molar-refractivity contribution in [2.45, 2.75) is 20.0 Å². The number of carbonyl (C=O) groups is 2. The van der Waals surface area contributed by atoms with Crippen molar-refractivity contribution >= 4 is 17.5 Å². The summed E-state index contributed by atoms with van der Waals surface area (Å²) >= 11 is 0. The van der Waals surface area contributed by atoms with Crippen LogP contribution in [0.3, 0.4) is 0 Å². The zero-order valence-electron chi connectivity index (χ0n) is 16.9. The van der Waals surface area contributed by atoms with Gasteiger partial charge in [0.2, 0.25) is 0 Å². The molecule has 0 saturated carbocycles. The summed E-state index contributed by atoms with van der Waals surface area (Å²) < 4.78 is 15.0. The summed E-state index contributed by atoms with van der Waals surface area (Å²) in [6.45, 7) is 2.32.